The molecule has 4 rings (SSSR count). The number of H-pyrrole nitrogens is 1. The van der Waals surface area contributed by atoms with Gasteiger partial charge in [-0.3, -0.25) is 14.2 Å². The summed E-state index contributed by atoms with van der Waals surface area (Å²) >= 11 is 1.31. The third-order valence-electron chi connectivity index (χ3n) is 5.58. The second kappa shape index (κ2) is 7.75. The fourth-order valence-corrected chi connectivity index (χ4v) is 4.64. The maximum absolute atomic E-state index is 12.5. The zero-order chi connectivity index (χ0) is 19.7. The van der Waals surface area contributed by atoms with Crippen LogP contribution in [-0.4, -0.2) is 21.5 Å². The number of aromatic nitrogens is 2. The van der Waals surface area contributed by atoms with Crippen molar-refractivity contribution in [3.05, 3.63) is 67.7 Å². The van der Waals surface area contributed by atoms with Crippen LogP contribution in [0.15, 0.2) is 45.3 Å². The summed E-state index contributed by atoms with van der Waals surface area (Å²) in [5.41, 5.74) is 1.24. The molecule has 6 nitrogen and oxygen atoms in total. The lowest BCUT2D eigenvalue weighted by Gasteiger charge is -2.29. The van der Waals surface area contributed by atoms with Gasteiger partial charge in [0.05, 0.1) is 12.1 Å². The quantitative estimate of drug-likeness (QED) is 0.709. The number of carbonyl (C=O) groups excluding carboxylic acids is 1. The number of nitrogens with one attached hydrogen (secondary N) is 2. The summed E-state index contributed by atoms with van der Waals surface area (Å²) in [5.74, 6) is 0.433. The highest BCUT2D eigenvalue weighted by atomic mass is 32.1. The van der Waals surface area contributed by atoms with Crippen LogP contribution in [0.25, 0.3) is 10.2 Å². The highest BCUT2D eigenvalue weighted by Crippen LogP contribution is 2.24. The van der Waals surface area contributed by atoms with E-state index >= 15 is 0 Å². The molecule has 146 valence electrons. The van der Waals surface area contributed by atoms with Gasteiger partial charge in [-0.2, -0.15) is 0 Å². The maximum atomic E-state index is 12.5. The summed E-state index contributed by atoms with van der Waals surface area (Å²) in [4.78, 5) is 40.0. The van der Waals surface area contributed by atoms with Gasteiger partial charge in [-0.1, -0.05) is 31.9 Å². The number of hydrogen-bond donors (Lipinski definition) is 2. The van der Waals surface area contributed by atoms with E-state index in [-0.39, 0.29) is 24.1 Å². The molecule has 0 saturated heterocycles. The van der Waals surface area contributed by atoms with Gasteiger partial charge in [-0.25, -0.2) is 4.79 Å². The third kappa shape index (κ3) is 3.67. The van der Waals surface area contributed by atoms with Crippen molar-refractivity contribution in [1.82, 2.24) is 14.9 Å². The standard InChI is InChI=1S/C21H23N3O3S/c1-13-4-2-3-5-16(13)22-19(25)15-8-6-14(7-9-15)12-24-20(26)18-17(10-11-28-18)23-21(24)27/h6-11,13,16H,2-5,12H2,1H3,(H,22,25)(H,23,27)/t13-,16-/m0/s1. The largest absolute Gasteiger partial charge is 0.349 e. The zero-order valence-corrected chi connectivity index (χ0v) is 16.6. The topological polar surface area (TPSA) is 84.0 Å². The number of carbonyl (C=O) groups is 1. The molecule has 3 aromatic rings. The molecule has 2 heterocycles. The SMILES string of the molecule is C[C@H]1CCCC[C@@H]1NC(=O)c1ccc(Cn2c(=O)[nH]c3ccsc3c2=O)cc1. The first-order chi connectivity index (χ1) is 13.5. The summed E-state index contributed by atoms with van der Waals surface area (Å²) < 4.78 is 1.73. The number of rotatable bonds is 4. The smallest absolute Gasteiger partial charge is 0.329 e. The first-order valence-electron chi connectivity index (χ1n) is 9.63. The molecule has 0 spiro atoms. The number of hydrogen-bond acceptors (Lipinski definition) is 4. The van der Waals surface area contributed by atoms with Crippen LogP contribution in [0.3, 0.4) is 0 Å². The highest BCUT2D eigenvalue weighted by Gasteiger charge is 2.23. The predicted molar refractivity (Wildman–Crippen MR) is 111 cm³/mol. The molecule has 1 amide bonds. The fraction of sp³-hybridized carbons (Fsp3) is 0.381. The van der Waals surface area contributed by atoms with Gasteiger partial charge in [0.1, 0.15) is 4.70 Å². The van der Waals surface area contributed by atoms with E-state index < -0.39 is 5.69 Å². The average Bonchev–Trinajstić information content (AvgIpc) is 3.16. The Hall–Kier alpha value is -2.67. The average molecular weight is 398 g/mol. The van der Waals surface area contributed by atoms with E-state index in [9.17, 15) is 14.4 Å². The molecular formula is C21H23N3O3S. The molecular weight excluding hydrogens is 374 g/mol. The third-order valence-corrected chi connectivity index (χ3v) is 6.48. The van der Waals surface area contributed by atoms with Crippen molar-refractivity contribution in [1.29, 1.82) is 0 Å². The molecule has 2 aromatic heterocycles. The maximum Gasteiger partial charge on any atom is 0.329 e. The second-order valence-corrected chi connectivity index (χ2v) is 8.44. The van der Waals surface area contributed by atoms with Gasteiger partial charge in [-0.15, -0.1) is 11.3 Å². The summed E-state index contributed by atoms with van der Waals surface area (Å²) in [6, 6.07) is 9.05. The van der Waals surface area contributed by atoms with E-state index in [2.05, 4.69) is 17.2 Å². The van der Waals surface area contributed by atoms with Crippen molar-refractivity contribution >= 4 is 27.5 Å². The van der Waals surface area contributed by atoms with E-state index in [0.717, 1.165) is 24.8 Å². The fourth-order valence-electron chi connectivity index (χ4n) is 3.84. The molecule has 2 N–H and O–H groups in total. The molecule has 2 atom stereocenters. The van der Waals surface area contributed by atoms with Crippen molar-refractivity contribution < 1.29 is 4.79 Å². The van der Waals surface area contributed by atoms with E-state index in [4.69, 9.17) is 0 Å². The summed E-state index contributed by atoms with van der Waals surface area (Å²) in [7, 11) is 0. The molecule has 0 bridgehead atoms. The van der Waals surface area contributed by atoms with Crippen LogP contribution < -0.4 is 16.6 Å². The van der Waals surface area contributed by atoms with Crippen LogP contribution in [0.5, 0.6) is 0 Å². The molecule has 1 aromatic carbocycles. The van der Waals surface area contributed by atoms with E-state index in [1.807, 2.05) is 0 Å². The molecule has 1 aliphatic carbocycles. The Morgan fingerprint density at radius 1 is 1.18 bits per heavy atom. The van der Waals surface area contributed by atoms with Gasteiger partial charge < -0.3 is 10.3 Å². The van der Waals surface area contributed by atoms with Crippen LogP contribution in [0.4, 0.5) is 0 Å². The normalized spacial score (nSPS) is 19.6. The van der Waals surface area contributed by atoms with Crippen LogP contribution >= 0.6 is 11.3 Å². The van der Waals surface area contributed by atoms with Gasteiger partial charge in [0, 0.05) is 11.6 Å². The number of benzene rings is 1. The van der Waals surface area contributed by atoms with Crippen molar-refractivity contribution in [3.63, 3.8) is 0 Å². The lowest BCUT2D eigenvalue weighted by Crippen LogP contribution is -2.41. The minimum atomic E-state index is -0.427. The molecule has 1 aliphatic rings. The Morgan fingerprint density at radius 2 is 1.93 bits per heavy atom. The molecule has 7 heteroatoms. The number of aromatic amines is 1. The van der Waals surface area contributed by atoms with Crippen molar-refractivity contribution in [2.45, 2.75) is 45.2 Å². The molecule has 0 unspecified atom stereocenters. The number of amides is 1. The summed E-state index contributed by atoms with van der Waals surface area (Å²) in [5, 5.41) is 4.93. The Kier molecular flexibility index (Phi) is 5.17. The monoisotopic (exact) mass is 397 g/mol. The minimum Gasteiger partial charge on any atom is -0.349 e. The van der Waals surface area contributed by atoms with Gasteiger partial charge in [0.2, 0.25) is 0 Å². The van der Waals surface area contributed by atoms with Gasteiger partial charge >= 0.3 is 5.69 Å². The first-order valence-corrected chi connectivity index (χ1v) is 10.5. The molecule has 28 heavy (non-hydrogen) atoms. The Balaban J connectivity index is 1.50. The van der Waals surface area contributed by atoms with Gasteiger partial charge in [0.15, 0.2) is 0 Å². The molecule has 0 aliphatic heterocycles. The van der Waals surface area contributed by atoms with Crippen molar-refractivity contribution in [2.24, 2.45) is 5.92 Å². The Bertz CT molecular complexity index is 1110. The first kappa shape index (κ1) is 18.7. The molecule has 1 fully saturated rings. The van der Waals surface area contributed by atoms with Crippen LogP contribution in [-0.2, 0) is 6.54 Å². The second-order valence-electron chi connectivity index (χ2n) is 7.52. The number of fused-ring (bicyclic) bond motifs is 1. The number of thiophene rings is 1. The van der Waals surface area contributed by atoms with Crippen molar-refractivity contribution in [2.75, 3.05) is 0 Å². The Morgan fingerprint density at radius 3 is 2.68 bits per heavy atom. The lowest BCUT2D eigenvalue weighted by atomic mass is 9.86. The highest BCUT2D eigenvalue weighted by molar-refractivity contribution is 7.17. The number of nitrogens with zero attached hydrogens (tertiary/aromatic N) is 1. The van der Waals surface area contributed by atoms with E-state index in [1.165, 1.54) is 22.3 Å². The molecule has 1 saturated carbocycles. The van der Waals surface area contributed by atoms with Crippen LogP contribution in [0.2, 0.25) is 0 Å². The Labute approximate surface area is 166 Å². The van der Waals surface area contributed by atoms with Gasteiger partial charge in [0.25, 0.3) is 11.5 Å². The molecule has 0 radical (unpaired) electrons. The lowest BCUT2D eigenvalue weighted by molar-refractivity contribution is 0.0910. The van der Waals surface area contributed by atoms with E-state index in [0.29, 0.717) is 21.7 Å². The van der Waals surface area contributed by atoms with Gasteiger partial charge in [-0.05, 0) is 47.9 Å². The minimum absolute atomic E-state index is 0.0691. The van der Waals surface area contributed by atoms with E-state index in [1.54, 1.807) is 35.7 Å². The predicted octanol–water partition coefficient (Wildman–Crippen LogP) is 3.11. The summed E-state index contributed by atoms with van der Waals surface area (Å²) in [6.45, 7) is 2.36. The van der Waals surface area contributed by atoms with Crippen LogP contribution in [0, 0.1) is 5.92 Å². The summed E-state index contributed by atoms with van der Waals surface area (Å²) in [6.07, 6.45) is 4.58. The van der Waals surface area contributed by atoms with Crippen molar-refractivity contribution in [3.8, 4) is 0 Å². The zero-order valence-electron chi connectivity index (χ0n) is 15.7. The van der Waals surface area contributed by atoms with Crippen LogP contribution in [0.1, 0.15) is 48.5 Å².